The van der Waals surface area contributed by atoms with Gasteiger partial charge in [-0.25, -0.2) is 0 Å². The summed E-state index contributed by atoms with van der Waals surface area (Å²) in [7, 11) is 0. The highest BCUT2D eigenvalue weighted by Gasteiger charge is 2.15. The Kier molecular flexibility index (Phi) is 3.80. The number of rotatable bonds is 4. The van der Waals surface area contributed by atoms with Gasteiger partial charge in [0, 0.05) is 6.54 Å². The average molecular weight is 209 g/mol. The Hall–Kier alpha value is -0.800. The summed E-state index contributed by atoms with van der Waals surface area (Å²) in [5.41, 5.74) is 0. The molecule has 0 radical (unpaired) electrons. The van der Waals surface area contributed by atoms with E-state index in [9.17, 15) is 0 Å². The average Bonchev–Trinajstić information content (AvgIpc) is 2.81. The Morgan fingerprint density at radius 2 is 2.60 bits per heavy atom. The van der Waals surface area contributed by atoms with Crippen LogP contribution < -0.4 is 5.32 Å². The summed E-state index contributed by atoms with van der Waals surface area (Å²) in [5.74, 6) is 1.58. The zero-order valence-corrected chi connectivity index (χ0v) is 9.24. The van der Waals surface area contributed by atoms with E-state index in [0.717, 1.165) is 25.5 Å². The fraction of sp³-hybridized carbons (Fsp3) is 0.667. The second kappa shape index (κ2) is 5.33. The summed E-state index contributed by atoms with van der Waals surface area (Å²) >= 11 is 0. The molecule has 15 heavy (non-hydrogen) atoms. The molecule has 3 nitrogen and oxygen atoms in total. The lowest BCUT2D eigenvalue weighted by Gasteiger charge is -2.23. The fourth-order valence-electron chi connectivity index (χ4n) is 1.95. The Bertz CT molecular complexity index is 265. The molecule has 3 heteroatoms. The molecule has 1 N–H and O–H groups in total. The topological polar surface area (TPSA) is 34.4 Å². The summed E-state index contributed by atoms with van der Waals surface area (Å²) < 4.78 is 11.1. The van der Waals surface area contributed by atoms with Crippen LogP contribution in [0.4, 0.5) is 0 Å². The second-order valence-corrected chi connectivity index (χ2v) is 4.20. The van der Waals surface area contributed by atoms with E-state index in [2.05, 4.69) is 5.32 Å². The van der Waals surface area contributed by atoms with Crippen molar-refractivity contribution in [2.24, 2.45) is 5.92 Å². The largest absolute Gasteiger partial charge is 0.467 e. The fourth-order valence-corrected chi connectivity index (χ4v) is 1.95. The van der Waals surface area contributed by atoms with E-state index in [0.29, 0.717) is 5.92 Å². The van der Waals surface area contributed by atoms with E-state index in [4.69, 9.17) is 9.15 Å². The molecule has 2 atom stereocenters. The van der Waals surface area contributed by atoms with Crippen LogP contribution in [-0.2, 0) is 4.74 Å². The van der Waals surface area contributed by atoms with Gasteiger partial charge in [0.2, 0.25) is 0 Å². The predicted molar refractivity (Wildman–Crippen MR) is 58.7 cm³/mol. The highest BCUT2D eigenvalue weighted by molar-refractivity contribution is 5.00. The molecule has 0 unspecified atom stereocenters. The van der Waals surface area contributed by atoms with Crippen molar-refractivity contribution >= 4 is 0 Å². The molecule has 2 rings (SSSR count). The van der Waals surface area contributed by atoms with Gasteiger partial charge in [0.25, 0.3) is 0 Å². The molecule has 2 heterocycles. The van der Waals surface area contributed by atoms with Crippen LogP contribution in [0.2, 0.25) is 0 Å². The first-order valence-electron chi connectivity index (χ1n) is 5.72. The Morgan fingerprint density at radius 3 is 3.27 bits per heavy atom. The van der Waals surface area contributed by atoms with Crippen molar-refractivity contribution in [1.82, 2.24) is 5.32 Å². The molecule has 0 aromatic carbocycles. The van der Waals surface area contributed by atoms with Gasteiger partial charge in [0.05, 0.1) is 12.9 Å². The van der Waals surface area contributed by atoms with Crippen LogP contribution in [0.3, 0.4) is 0 Å². The molecule has 0 aliphatic carbocycles. The smallest absolute Gasteiger partial charge is 0.132 e. The van der Waals surface area contributed by atoms with Crippen molar-refractivity contribution in [2.75, 3.05) is 19.7 Å². The lowest BCUT2D eigenvalue weighted by atomic mass is 10.0. The zero-order valence-electron chi connectivity index (χ0n) is 9.24. The monoisotopic (exact) mass is 209 g/mol. The standard InChI is InChI=1S/C12H19NO2/c1-10(12-5-3-7-14-12)15-9-11-4-2-6-13-8-11/h3,5,7,10-11,13H,2,4,6,8-9H2,1H3/t10-,11-/m0/s1. The zero-order chi connectivity index (χ0) is 10.5. The summed E-state index contributed by atoms with van der Waals surface area (Å²) in [6, 6.07) is 3.86. The van der Waals surface area contributed by atoms with Gasteiger partial charge in [-0.3, -0.25) is 0 Å². The molecular weight excluding hydrogens is 190 g/mol. The molecule has 0 spiro atoms. The lowest BCUT2D eigenvalue weighted by Crippen LogP contribution is -2.32. The van der Waals surface area contributed by atoms with E-state index in [1.165, 1.54) is 12.8 Å². The lowest BCUT2D eigenvalue weighted by molar-refractivity contribution is 0.0217. The van der Waals surface area contributed by atoms with Crippen molar-refractivity contribution in [3.8, 4) is 0 Å². The first kappa shape index (κ1) is 10.7. The first-order valence-corrected chi connectivity index (χ1v) is 5.72. The van der Waals surface area contributed by atoms with Crippen LogP contribution in [0, 0.1) is 5.92 Å². The predicted octanol–water partition coefficient (Wildman–Crippen LogP) is 2.36. The quantitative estimate of drug-likeness (QED) is 0.826. The van der Waals surface area contributed by atoms with E-state index in [1.54, 1.807) is 6.26 Å². The third-order valence-electron chi connectivity index (χ3n) is 2.92. The number of hydrogen-bond donors (Lipinski definition) is 1. The van der Waals surface area contributed by atoms with Gasteiger partial charge in [-0.15, -0.1) is 0 Å². The van der Waals surface area contributed by atoms with E-state index in [-0.39, 0.29) is 6.10 Å². The Labute approximate surface area is 90.8 Å². The number of hydrogen-bond acceptors (Lipinski definition) is 3. The van der Waals surface area contributed by atoms with Crippen molar-refractivity contribution in [3.63, 3.8) is 0 Å². The third kappa shape index (κ3) is 3.08. The molecule has 1 aliphatic heterocycles. The van der Waals surface area contributed by atoms with Crippen molar-refractivity contribution in [2.45, 2.75) is 25.9 Å². The molecule has 1 fully saturated rings. The minimum Gasteiger partial charge on any atom is -0.467 e. The summed E-state index contributed by atoms with van der Waals surface area (Å²) in [5, 5.41) is 3.39. The van der Waals surface area contributed by atoms with Crippen LogP contribution in [0.15, 0.2) is 22.8 Å². The van der Waals surface area contributed by atoms with Crippen molar-refractivity contribution in [1.29, 1.82) is 0 Å². The molecular formula is C12H19NO2. The molecule has 1 aromatic rings. The second-order valence-electron chi connectivity index (χ2n) is 4.20. The molecule has 0 bridgehead atoms. The summed E-state index contributed by atoms with van der Waals surface area (Å²) in [4.78, 5) is 0. The maximum absolute atomic E-state index is 5.79. The van der Waals surface area contributed by atoms with Gasteiger partial charge in [-0.2, -0.15) is 0 Å². The Morgan fingerprint density at radius 1 is 1.67 bits per heavy atom. The number of ether oxygens (including phenoxy) is 1. The van der Waals surface area contributed by atoms with Gasteiger partial charge < -0.3 is 14.5 Å². The minimum atomic E-state index is 0.0712. The maximum Gasteiger partial charge on any atom is 0.132 e. The van der Waals surface area contributed by atoms with Gasteiger partial charge in [0.1, 0.15) is 11.9 Å². The third-order valence-corrected chi connectivity index (χ3v) is 2.92. The first-order chi connectivity index (χ1) is 7.36. The van der Waals surface area contributed by atoms with E-state index < -0.39 is 0 Å². The van der Waals surface area contributed by atoms with Crippen LogP contribution in [0.25, 0.3) is 0 Å². The van der Waals surface area contributed by atoms with Crippen LogP contribution in [-0.4, -0.2) is 19.7 Å². The van der Waals surface area contributed by atoms with Crippen LogP contribution in [0.1, 0.15) is 31.6 Å². The van der Waals surface area contributed by atoms with Crippen LogP contribution in [0.5, 0.6) is 0 Å². The highest BCUT2D eigenvalue weighted by atomic mass is 16.5. The Balaban J connectivity index is 1.73. The van der Waals surface area contributed by atoms with Gasteiger partial charge in [-0.1, -0.05) is 0 Å². The summed E-state index contributed by atoms with van der Waals surface area (Å²) in [6.45, 7) is 5.11. The van der Waals surface area contributed by atoms with Gasteiger partial charge in [-0.05, 0) is 44.4 Å². The molecule has 1 aromatic heterocycles. The van der Waals surface area contributed by atoms with E-state index >= 15 is 0 Å². The van der Waals surface area contributed by atoms with Gasteiger partial charge >= 0.3 is 0 Å². The van der Waals surface area contributed by atoms with Crippen LogP contribution >= 0.6 is 0 Å². The maximum atomic E-state index is 5.79. The minimum absolute atomic E-state index is 0.0712. The number of nitrogens with one attached hydrogen (secondary N) is 1. The molecule has 1 saturated heterocycles. The SMILES string of the molecule is C[C@H](OC[C@H]1CCCNC1)c1ccco1. The highest BCUT2D eigenvalue weighted by Crippen LogP contribution is 2.19. The molecule has 0 amide bonds. The summed E-state index contributed by atoms with van der Waals surface area (Å²) in [6.07, 6.45) is 4.31. The van der Waals surface area contributed by atoms with E-state index in [1.807, 2.05) is 19.1 Å². The molecule has 1 aliphatic rings. The number of furan rings is 1. The normalized spacial score (nSPS) is 23.9. The molecule has 0 saturated carbocycles. The van der Waals surface area contributed by atoms with Gasteiger partial charge in [0.15, 0.2) is 0 Å². The number of piperidine rings is 1. The van der Waals surface area contributed by atoms with Crippen molar-refractivity contribution in [3.05, 3.63) is 24.2 Å². The molecule has 84 valence electrons. The van der Waals surface area contributed by atoms with Crippen molar-refractivity contribution < 1.29 is 9.15 Å².